The van der Waals surface area contributed by atoms with Gasteiger partial charge in [0.1, 0.15) is 11.5 Å². The van der Waals surface area contributed by atoms with Crippen molar-refractivity contribution in [3.8, 4) is 11.5 Å². The van der Waals surface area contributed by atoms with Crippen molar-refractivity contribution in [1.82, 2.24) is 0 Å². The molecular weight excluding hydrogens is 362 g/mol. The molecule has 0 atom stereocenters. The summed E-state index contributed by atoms with van der Waals surface area (Å²) in [5.74, 6) is -0.441. The molecule has 2 nitrogen and oxygen atoms in total. The van der Waals surface area contributed by atoms with Gasteiger partial charge in [-0.15, -0.1) is 0 Å². The minimum atomic E-state index is -4.74. The fraction of sp³-hybridized carbons (Fsp3) is 0.222. The Morgan fingerprint density at radius 3 is 1.08 bits per heavy atom. The van der Waals surface area contributed by atoms with E-state index in [1.54, 1.807) is 0 Å². The number of rotatable bonds is 4. The third kappa shape index (κ3) is 5.72. The van der Waals surface area contributed by atoms with Crippen LogP contribution >= 0.6 is 0 Å². The molecule has 0 bridgehead atoms. The first kappa shape index (κ1) is 19.7. The number of benzene rings is 2. The highest BCUT2D eigenvalue weighted by Crippen LogP contribution is 2.41. The van der Waals surface area contributed by atoms with E-state index in [-0.39, 0.29) is 22.6 Å². The van der Waals surface area contributed by atoms with E-state index in [9.17, 15) is 36.6 Å². The molecule has 0 aliphatic rings. The highest BCUT2D eigenvalue weighted by Gasteiger charge is 2.35. The normalized spacial score (nSPS) is 13.5. The van der Waals surface area contributed by atoms with Gasteiger partial charge in [-0.25, -0.2) is 0 Å². The van der Waals surface area contributed by atoms with Crippen molar-refractivity contribution in [2.75, 3.05) is 0 Å². The summed E-state index contributed by atoms with van der Waals surface area (Å²) in [6.45, 7) is 0. The van der Waals surface area contributed by atoms with Gasteiger partial charge < -0.3 is 10.2 Å². The summed E-state index contributed by atoms with van der Waals surface area (Å²) >= 11 is 0. The summed E-state index contributed by atoms with van der Waals surface area (Å²) in [6, 6.07) is 8.95. The SMILES string of the molecule is Oc1ccc(/C(CC(F)(F)F)=C(/CC(F)(F)F)c2ccc(O)cc2)cc1. The van der Waals surface area contributed by atoms with Crippen LogP contribution in [0.2, 0.25) is 0 Å². The summed E-state index contributed by atoms with van der Waals surface area (Å²) in [5, 5.41) is 18.6. The lowest BCUT2D eigenvalue weighted by Crippen LogP contribution is -2.13. The number of phenols is 2. The molecule has 26 heavy (non-hydrogen) atoms. The lowest BCUT2D eigenvalue weighted by atomic mass is 9.90. The van der Waals surface area contributed by atoms with E-state index in [0.29, 0.717) is 0 Å². The van der Waals surface area contributed by atoms with Crippen LogP contribution in [-0.4, -0.2) is 22.6 Å². The van der Waals surface area contributed by atoms with E-state index in [2.05, 4.69) is 0 Å². The van der Waals surface area contributed by atoms with Crippen LogP contribution in [0.15, 0.2) is 48.5 Å². The summed E-state index contributed by atoms with van der Waals surface area (Å²) < 4.78 is 78.2. The van der Waals surface area contributed by atoms with Crippen LogP contribution in [0.4, 0.5) is 26.3 Å². The van der Waals surface area contributed by atoms with Gasteiger partial charge in [0.2, 0.25) is 0 Å². The van der Waals surface area contributed by atoms with Gasteiger partial charge in [0.05, 0.1) is 12.8 Å². The molecule has 0 aliphatic heterocycles. The maximum Gasteiger partial charge on any atom is 0.393 e. The molecule has 2 aromatic carbocycles. The van der Waals surface area contributed by atoms with Gasteiger partial charge in [-0.2, -0.15) is 26.3 Å². The molecule has 0 amide bonds. The second-order valence-corrected chi connectivity index (χ2v) is 5.63. The van der Waals surface area contributed by atoms with Crippen molar-refractivity contribution < 1.29 is 36.6 Å². The zero-order valence-corrected chi connectivity index (χ0v) is 13.2. The van der Waals surface area contributed by atoms with Crippen LogP contribution in [0, 0.1) is 0 Å². The van der Waals surface area contributed by atoms with E-state index in [1.807, 2.05) is 0 Å². The third-order valence-electron chi connectivity index (χ3n) is 3.55. The van der Waals surface area contributed by atoms with Crippen LogP contribution in [0.5, 0.6) is 11.5 Å². The molecule has 0 saturated heterocycles. The Morgan fingerprint density at radius 1 is 0.577 bits per heavy atom. The first-order chi connectivity index (χ1) is 11.9. The van der Waals surface area contributed by atoms with Crippen molar-refractivity contribution >= 4 is 11.1 Å². The molecule has 0 aromatic heterocycles. The molecule has 2 aromatic rings. The smallest absolute Gasteiger partial charge is 0.393 e. The fourth-order valence-corrected chi connectivity index (χ4v) is 2.49. The van der Waals surface area contributed by atoms with Gasteiger partial charge >= 0.3 is 12.4 Å². The number of alkyl halides is 6. The highest BCUT2D eigenvalue weighted by molar-refractivity contribution is 5.91. The topological polar surface area (TPSA) is 40.5 Å². The van der Waals surface area contributed by atoms with Gasteiger partial charge in [-0.3, -0.25) is 0 Å². The molecule has 0 heterocycles. The van der Waals surface area contributed by atoms with Crippen molar-refractivity contribution in [1.29, 1.82) is 0 Å². The molecule has 0 spiro atoms. The van der Waals surface area contributed by atoms with Gasteiger partial charge in [0.25, 0.3) is 0 Å². The molecule has 8 heteroatoms. The van der Waals surface area contributed by atoms with Crippen molar-refractivity contribution in [3.63, 3.8) is 0 Å². The Kier molecular flexibility index (Phi) is 5.53. The molecule has 0 radical (unpaired) electrons. The largest absolute Gasteiger partial charge is 0.508 e. The standard InChI is InChI=1S/C18H14F6O2/c19-17(20,21)9-15(11-1-5-13(25)6-2-11)16(10-18(22,23)24)12-3-7-14(26)8-4-12/h1-8,25-26H,9-10H2/b16-15-. The predicted octanol–water partition coefficient (Wildman–Crippen LogP) is 5.91. The third-order valence-corrected chi connectivity index (χ3v) is 3.55. The summed E-state index contributed by atoms with van der Waals surface area (Å²) in [5.41, 5.74) is -1.24. The number of allylic oxidation sites excluding steroid dienone is 2. The monoisotopic (exact) mass is 376 g/mol. The zero-order valence-electron chi connectivity index (χ0n) is 13.2. The quantitative estimate of drug-likeness (QED) is 0.514. The van der Waals surface area contributed by atoms with Crippen LogP contribution in [0.3, 0.4) is 0 Å². The second kappa shape index (κ2) is 7.31. The molecule has 140 valence electrons. The minimum absolute atomic E-state index is 0.0764. The molecule has 2 N–H and O–H groups in total. The highest BCUT2D eigenvalue weighted by atomic mass is 19.4. The summed E-state index contributed by atoms with van der Waals surface area (Å²) in [4.78, 5) is 0. The number of aromatic hydroxyl groups is 2. The number of halogens is 6. The van der Waals surface area contributed by atoms with Crippen molar-refractivity contribution in [2.24, 2.45) is 0 Å². The van der Waals surface area contributed by atoms with Gasteiger partial charge in [0.15, 0.2) is 0 Å². The lowest BCUT2D eigenvalue weighted by Gasteiger charge is -2.19. The Bertz CT molecular complexity index is 704. The molecule has 2 rings (SSSR count). The van der Waals surface area contributed by atoms with Gasteiger partial charge in [0, 0.05) is 0 Å². The maximum atomic E-state index is 13.0. The van der Waals surface area contributed by atoms with Crippen LogP contribution in [0.25, 0.3) is 11.1 Å². The Labute approximate surface area is 145 Å². The molecular formula is C18H14F6O2. The van der Waals surface area contributed by atoms with Crippen LogP contribution in [0.1, 0.15) is 24.0 Å². The Morgan fingerprint density at radius 2 is 0.846 bits per heavy atom. The average Bonchev–Trinajstić information content (AvgIpc) is 2.51. The van der Waals surface area contributed by atoms with E-state index in [0.717, 1.165) is 48.5 Å². The van der Waals surface area contributed by atoms with E-state index in [4.69, 9.17) is 0 Å². The molecule has 0 fully saturated rings. The minimum Gasteiger partial charge on any atom is -0.508 e. The molecule has 0 unspecified atom stereocenters. The zero-order chi connectivity index (χ0) is 19.5. The Hall–Kier alpha value is -2.64. The Balaban J connectivity index is 2.70. The predicted molar refractivity (Wildman–Crippen MR) is 84.4 cm³/mol. The number of hydrogen-bond acceptors (Lipinski definition) is 2. The van der Waals surface area contributed by atoms with Crippen molar-refractivity contribution in [3.05, 3.63) is 59.7 Å². The van der Waals surface area contributed by atoms with Crippen LogP contribution in [-0.2, 0) is 0 Å². The van der Waals surface area contributed by atoms with Gasteiger partial charge in [-0.1, -0.05) is 24.3 Å². The molecule has 0 aliphatic carbocycles. The van der Waals surface area contributed by atoms with Crippen molar-refractivity contribution in [2.45, 2.75) is 25.2 Å². The fourth-order valence-electron chi connectivity index (χ4n) is 2.49. The first-order valence-corrected chi connectivity index (χ1v) is 7.39. The second-order valence-electron chi connectivity index (χ2n) is 5.63. The van der Waals surface area contributed by atoms with E-state index < -0.39 is 36.3 Å². The van der Waals surface area contributed by atoms with Crippen LogP contribution < -0.4 is 0 Å². The maximum absolute atomic E-state index is 13.0. The van der Waals surface area contributed by atoms with Gasteiger partial charge in [-0.05, 0) is 46.5 Å². The number of phenolic OH excluding ortho intramolecular Hbond substituents is 2. The number of hydrogen-bond donors (Lipinski definition) is 2. The molecule has 0 saturated carbocycles. The first-order valence-electron chi connectivity index (χ1n) is 7.39. The lowest BCUT2D eigenvalue weighted by molar-refractivity contribution is -0.126. The summed E-state index contributed by atoms with van der Waals surface area (Å²) in [7, 11) is 0. The van der Waals surface area contributed by atoms with E-state index >= 15 is 0 Å². The average molecular weight is 376 g/mol. The van der Waals surface area contributed by atoms with E-state index in [1.165, 1.54) is 0 Å². The summed E-state index contributed by atoms with van der Waals surface area (Å²) in [6.07, 6.45) is -12.6.